The van der Waals surface area contributed by atoms with Crippen molar-refractivity contribution in [2.24, 2.45) is 7.05 Å². The van der Waals surface area contributed by atoms with E-state index in [2.05, 4.69) is 56.8 Å². The number of rotatable bonds is 5. The van der Waals surface area contributed by atoms with Gasteiger partial charge in [0.15, 0.2) is 0 Å². The molecule has 3 rings (SSSR count). The van der Waals surface area contributed by atoms with Crippen LogP contribution in [0.1, 0.15) is 34.6 Å². The average molecular weight is 303 g/mol. The molecule has 0 saturated heterocycles. The molecule has 0 fully saturated rings. The maximum atomic E-state index is 4.52. The number of thiophene rings is 2. The molecule has 0 saturated carbocycles. The lowest BCUT2D eigenvalue weighted by Gasteiger charge is -2.21. The van der Waals surface area contributed by atoms with Crippen LogP contribution in [0, 0.1) is 0 Å². The first kappa shape index (κ1) is 13.5. The zero-order chi connectivity index (χ0) is 13.9. The van der Waals surface area contributed by atoms with Crippen molar-refractivity contribution in [3.63, 3.8) is 0 Å². The molecule has 0 bridgehead atoms. The van der Waals surface area contributed by atoms with Crippen LogP contribution in [-0.4, -0.2) is 9.55 Å². The molecule has 0 aliphatic rings. The summed E-state index contributed by atoms with van der Waals surface area (Å²) in [4.78, 5) is 7.16. The molecule has 1 unspecified atom stereocenters. The van der Waals surface area contributed by atoms with Crippen LogP contribution in [0.25, 0.3) is 0 Å². The van der Waals surface area contributed by atoms with E-state index in [1.807, 2.05) is 19.4 Å². The van der Waals surface area contributed by atoms with E-state index in [1.165, 1.54) is 9.75 Å². The monoisotopic (exact) mass is 303 g/mol. The Hall–Kier alpha value is -1.43. The predicted molar refractivity (Wildman–Crippen MR) is 85.2 cm³/mol. The Morgan fingerprint density at radius 2 is 1.85 bits per heavy atom. The van der Waals surface area contributed by atoms with Crippen molar-refractivity contribution < 1.29 is 0 Å². The first-order chi connectivity index (χ1) is 9.75. The van der Waals surface area contributed by atoms with E-state index in [1.54, 1.807) is 22.7 Å². The van der Waals surface area contributed by atoms with E-state index in [-0.39, 0.29) is 6.04 Å². The molecule has 3 heterocycles. The summed E-state index contributed by atoms with van der Waals surface area (Å²) >= 11 is 3.55. The quantitative estimate of drug-likeness (QED) is 0.772. The third-order valence-electron chi connectivity index (χ3n) is 3.33. The van der Waals surface area contributed by atoms with Gasteiger partial charge in [-0.2, -0.15) is 0 Å². The Bertz CT molecular complexity index is 641. The van der Waals surface area contributed by atoms with Crippen molar-refractivity contribution in [1.29, 1.82) is 0 Å². The number of nitrogens with one attached hydrogen (secondary N) is 1. The van der Waals surface area contributed by atoms with Gasteiger partial charge in [0.2, 0.25) is 0 Å². The van der Waals surface area contributed by atoms with Crippen LogP contribution < -0.4 is 5.32 Å². The minimum Gasteiger partial charge on any atom is -0.336 e. The van der Waals surface area contributed by atoms with Crippen molar-refractivity contribution in [2.45, 2.75) is 19.0 Å². The molecule has 5 heteroatoms. The van der Waals surface area contributed by atoms with E-state index in [0.717, 1.165) is 5.82 Å². The predicted octanol–water partition coefficient (Wildman–Crippen LogP) is 3.98. The van der Waals surface area contributed by atoms with Crippen LogP contribution in [0.15, 0.2) is 47.4 Å². The second-order valence-corrected chi connectivity index (χ2v) is 6.71. The summed E-state index contributed by atoms with van der Waals surface area (Å²) in [7, 11) is 2.04. The first-order valence-electron chi connectivity index (χ1n) is 6.56. The van der Waals surface area contributed by atoms with Crippen molar-refractivity contribution in [1.82, 2.24) is 14.9 Å². The summed E-state index contributed by atoms with van der Waals surface area (Å²) < 4.78 is 2.08. The molecule has 0 spiro atoms. The Morgan fingerprint density at radius 1 is 1.15 bits per heavy atom. The van der Waals surface area contributed by atoms with Crippen LogP contribution in [0.4, 0.5) is 0 Å². The van der Waals surface area contributed by atoms with Crippen molar-refractivity contribution in [2.75, 3.05) is 0 Å². The second-order valence-electron chi connectivity index (χ2n) is 4.75. The number of hydrogen-bond donors (Lipinski definition) is 1. The van der Waals surface area contributed by atoms with Gasteiger partial charge in [0.05, 0.1) is 0 Å². The van der Waals surface area contributed by atoms with E-state index in [9.17, 15) is 0 Å². The zero-order valence-corrected chi connectivity index (χ0v) is 13.1. The smallest absolute Gasteiger partial charge is 0.131 e. The van der Waals surface area contributed by atoms with E-state index in [4.69, 9.17) is 0 Å². The molecule has 3 nitrogen and oxygen atoms in total. The molecule has 1 N–H and O–H groups in total. The third kappa shape index (κ3) is 2.70. The van der Waals surface area contributed by atoms with Crippen molar-refractivity contribution >= 4 is 22.7 Å². The van der Waals surface area contributed by atoms with Gasteiger partial charge >= 0.3 is 0 Å². The topological polar surface area (TPSA) is 29.9 Å². The minimum atomic E-state index is 0.132. The van der Waals surface area contributed by atoms with Crippen molar-refractivity contribution in [3.8, 4) is 0 Å². The van der Waals surface area contributed by atoms with Gasteiger partial charge in [-0.15, -0.1) is 22.7 Å². The van der Waals surface area contributed by atoms with Gasteiger partial charge in [0.25, 0.3) is 0 Å². The highest BCUT2D eigenvalue weighted by atomic mass is 32.1. The fraction of sp³-hybridized carbons (Fsp3) is 0.267. The van der Waals surface area contributed by atoms with Gasteiger partial charge in [-0.25, -0.2) is 4.98 Å². The van der Waals surface area contributed by atoms with Gasteiger partial charge in [0.1, 0.15) is 11.9 Å². The molecule has 0 amide bonds. The molecule has 104 valence electrons. The van der Waals surface area contributed by atoms with E-state index in [0.29, 0.717) is 6.04 Å². The fourth-order valence-electron chi connectivity index (χ4n) is 2.26. The summed E-state index contributed by atoms with van der Waals surface area (Å²) in [5.74, 6) is 1.05. The minimum absolute atomic E-state index is 0.132. The summed E-state index contributed by atoms with van der Waals surface area (Å²) in [5.41, 5.74) is 0. The maximum absolute atomic E-state index is 4.52. The molecular weight excluding hydrogens is 286 g/mol. The maximum Gasteiger partial charge on any atom is 0.131 e. The zero-order valence-electron chi connectivity index (χ0n) is 11.5. The largest absolute Gasteiger partial charge is 0.336 e. The lowest BCUT2D eigenvalue weighted by Crippen LogP contribution is -2.26. The van der Waals surface area contributed by atoms with Gasteiger partial charge in [-0.05, 0) is 29.8 Å². The molecule has 3 aromatic heterocycles. The molecule has 0 aliphatic carbocycles. The number of hydrogen-bond acceptors (Lipinski definition) is 4. The Morgan fingerprint density at radius 3 is 2.40 bits per heavy atom. The Kier molecular flexibility index (Phi) is 4.00. The first-order valence-corrected chi connectivity index (χ1v) is 8.31. The highest BCUT2D eigenvalue weighted by Crippen LogP contribution is 2.29. The van der Waals surface area contributed by atoms with Gasteiger partial charge in [-0.3, -0.25) is 5.32 Å². The summed E-state index contributed by atoms with van der Waals surface area (Å²) in [5, 5.41) is 7.94. The molecule has 3 aromatic rings. The number of nitrogens with zero attached hydrogens (tertiary/aromatic N) is 2. The van der Waals surface area contributed by atoms with Gasteiger partial charge < -0.3 is 4.57 Å². The second kappa shape index (κ2) is 5.91. The van der Waals surface area contributed by atoms with Crippen molar-refractivity contribution in [3.05, 3.63) is 63.0 Å². The van der Waals surface area contributed by atoms with Crippen LogP contribution >= 0.6 is 22.7 Å². The Balaban J connectivity index is 1.89. The molecular formula is C15H17N3S2. The average Bonchev–Trinajstić information content (AvgIpc) is 3.18. The summed E-state index contributed by atoms with van der Waals surface area (Å²) in [6.07, 6.45) is 3.85. The molecule has 0 aromatic carbocycles. The Labute approximate surface area is 126 Å². The molecule has 0 radical (unpaired) electrons. The van der Waals surface area contributed by atoms with Crippen LogP contribution in [0.3, 0.4) is 0 Å². The third-order valence-corrected chi connectivity index (χ3v) is 5.32. The lowest BCUT2D eigenvalue weighted by atomic mass is 10.1. The standard InChI is InChI=1S/C15H17N3S2/c1-11(12-5-3-9-19-12)17-14(13-6-4-10-20-13)15-16-7-8-18(15)2/h3-11,14,17H,1-2H3/t11-,14?/m1/s1. The molecule has 20 heavy (non-hydrogen) atoms. The van der Waals surface area contributed by atoms with E-state index < -0.39 is 0 Å². The van der Waals surface area contributed by atoms with Crippen LogP contribution in [0.2, 0.25) is 0 Å². The van der Waals surface area contributed by atoms with Gasteiger partial charge in [-0.1, -0.05) is 12.1 Å². The normalized spacial score (nSPS) is 14.3. The van der Waals surface area contributed by atoms with Gasteiger partial charge in [0, 0.05) is 35.2 Å². The molecule has 0 aliphatic heterocycles. The highest BCUT2D eigenvalue weighted by molar-refractivity contribution is 7.10. The number of aryl methyl sites for hydroxylation is 1. The van der Waals surface area contributed by atoms with E-state index >= 15 is 0 Å². The summed E-state index contributed by atoms with van der Waals surface area (Å²) in [6.45, 7) is 2.20. The summed E-state index contributed by atoms with van der Waals surface area (Å²) in [6, 6.07) is 8.96. The molecule has 2 atom stereocenters. The lowest BCUT2D eigenvalue weighted by molar-refractivity contribution is 0.499. The number of aromatic nitrogens is 2. The number of imidazole rings is 1. The van der Waals surface area contributed by atoms with Crippen LogP contribution in [-0.2, 0) is 7.05 Å². The van der Waals surface area contributed by atoms with Crippen LogP contribution in [0.5, 0.6) is 0 Å². The SMILES string of the molecule is C[C@@H](NC(c1cccs1)c1nccn1C)c1cccs1. The highest BCUT2D eigenvalue weighted by Gasteiger charge is 2.22. The fourth-order valence-corrected chi connectivity index (χ4v) is 3.79.